The maximum atomic E-state index is 11.4. The Morgan fingerprint density at radius 2 is 1.89 bits per heavy atom. The molecule has 0 bridgehead atoms. The van der Waals surface area contributed by atoms with Gasteiger partial charge in [0.1, 0.15) is 5.75 Å². The van der Waals surface area contributed by atoms with Crippen LogP contribution in [0.5, 0.6) is 5.75 Å². The van der Waals surface area contributed by atoms with Crippen molar-refractivity contribution in [1.82, 2.24) is 0 Å². The van der Waals surface area contributed by atoms with E-state index in [1.807, 2.05) is 26.0 Å². The molecule has 4 nitrogen and oxygen atoms in total. The number of carboxylic acids is 1. The molecule has 2 unspecified atom stereocenters. The van der Waals surface area contributed by atoms with Gasteiger partial charge in [0, 0.05) is 5.92 Å². The average Bonchev–Trinajstić information content (AvgIpc) is 2.40. The lowest BCUT2D eigenvalue weighted by Crippen LogP contribution is -2.44. The van der Waals surface area contributed by atoms with Gasteiger partial charge in [0.15, 0.2) is 5.60 Å². The number of ether oxygens (including phenoxy) is 1. The van der Waals surface area contributed by atoms with Crippen molar-refractivity contribution in [1.29, 1.82) is 0 Å². The van der Waals surface area contributed by atoms with Crippen LogP contribution in [-0.4, -0.2) is 28.9 Å². The van der Waals surface area contributed by atoms with E-state index < -0.39 is 17.5 Å². The summed E-state index contributed by atoms with van der Waals surface area (Å²) in [6.45, 7) is 3.76. The van der Waals surface area contributed by atoms with E-state index in [1.54, 1.807) is 19.2 Å². The van der Waals surface area contributed by atoms with Gasteiger partial charge >= 0.3 is 5.97 Å². The highest BCUT2D eigenvalue weighted by Crippen LogP contribution is 2.35. The second kappa shape index (κ2) is 6.57. The molecule has 0 fully saturated rings. The number of benzene rings is 1. The molecular weight excluding hydrogens is 244 g/mol. The number of hydrogen-bond acceptors (Lipinski definition) is 3. The summed E-state index contributed by atoms with van der Waals surface area (Å²) in [7, 11) is 1.58. The minimum Gasteiger partial charge on any atom is -0.497 e. The zero-order valence-electron chi connectivity index (χ0n) is 11.7. The van der Waals surface area contributed by atoms with E-state index in [9.17, 15) is 15.0 Å². The second-order valence-corrected chi connectivity index (χ2v) is 4.71. The monoisotopic (exact) mass is 266 g/mol. The predicted molar refractivity (Wildman–Crippen MR) is 73.5 cm³/mol. The molecular formula is C15H22O4. The predicted octanol–water partition coefficient (Wildman–Crippen LogP) is 2.80. The lowest BCUT2D eigenvalue weighted by Gasteiger charge is -2.32. The first-order valence-corrected chi connectivity index (χ1v) is 6.59. The van der Waals surface area contributed by atoms with Gasteiger partial charge in [-0.1, -0.05) is 32.4 Å². The van der Waals surface area contributed by atoms with E-state index in [4.69, 9.17) is 4.74 Å². The van der Waals surface area contributed by atoms with Crippen LogP contribution in [0.25, 0.3) is 0 Å². The van der Waals surface area contributed by atoms with Crippen molar-refractivity contribution in [3.05, 3.63) is 29.8 Å². The maximum Gasteiger partial charge on any atom is 0.336 e. The first kappa shape index (κ1) is 15.5. The van der Waals surface area contributed by atoms with Crippen LogP contribution in [0.4, 0.5) is 0 Å². The molecule has 1 aromatic carbocycles. The lowest BCUT2D eigenvalue weighted by atomic mass is 9.77. The van der Waals surface area contributed by atoms with Crippen molar-refractivity contribution in [2.45, 2.75) is 44.6 Å². The Morgan fingerprint density at radius 3 is 2.26 bits per heavy atom. The molecule has 19 heavy (non-hydrogen) atoms. The minimum absolute atomic E-state index is 0.243. The third-order valence-corrected chi connectivity index (χ3v) is 3.50. The quantitative estimate of drug-likeness (QED) is 0.796. The number of rotatable bonds is 7. The van der Waals surface area contributed by atoms with Crippen molar-refractivity contribution in [2.24, 2.45) is 0 Å². The first-order chi connectivity index (χ1) is 8.99. The van der Waals surface area contributed by atoms with Crippen molar-refractivity contribution in [2.75, 3.05) is 7.11 Å². The summed E-state index contributed by atoms with van der Waals surface area (Å²) < 4.78 is 5.08. The fraction of sp³-hybridized carbons (Fsp3) is 0.533. The van der Waals surface area contributed by atoms with Crippen molar-refractivity contribution < 1.29 is 19.7 Å². The van der Waals surface area contributed by atoms with E-state index >= 15 is 0 Å². The molecule has 0 aliphatic carbocycles. The Kier molecular flexibility index (Phi) is 5.36. The summed E-state index contributed by atoms with van der Waals surface area (Å²) in [5.74, 6) is -0.860. The third kappa shape index (κ3) is 3.26. The van der Waals surface area contributed by atoms with Gasteiger partial charge in [0.25, 0.3) is 0 Å². The van der Waals surface area contributed by atoms with Gasteiger partial charge in [0.2, 0.25) is 0 Å². The number of hydrogen-bond donors (Lipinski definition) is 2. The fourth-order valence-corrected chi connectivity index (χ4v) is 2.50. The van der Waals surface area contributed by atoms with Crippen LogP contribution in [-0.2, 0) is 4.79 Å². The SMILES string of the molecule is CCCC(O)(C(=O)O)C(CC)c1ccc(OC)cc1. The molecule has 0 saturated heterocycles. The highest BCUT2D eigenvalue weighted by molar-refractivity contribution is 5.78. The standard InChI is InChI=1S/C15H22O4/c1-4-10-15(18,14(16)17)13(5-2)11-6-8-12(19-3)9-7-11/h6-9,13,18H,4-5,10H2,1-3H3,(H,16,17). The van der Waals surface area contributed by atoms with Crippen LogP contribution >= 0.6 is 0 Å². The van der Waals surface area contributed by atoms with Gasteiger partial charge < -0.3 is 14.9 Å². The second-order valence-electron chi connectivity index (χ2n) is 4.71. The molecule has 106 valence electrons. The van der Waals surface area contributed by atoms with E-state index in [0.717, 1.165) is 5.56 Å². The molecule has 0 aliphatic heterocycles. The van der Waals surface area contributed by atoms with Gasteiger partial charge in [-0.3, -0.25) is 0 Å². The number of methoxy groups -OCH3 is 1. The molecule has 1 aromatic rings. The molecule has 4 heteroatoms. The van der Waals surface area contributed by atoms with E-state index in [0.29, 0.717) is 18.6 Å². The fourth-order valence-electron chi connectivity index (χ4n) is 2.50. The number of aliphatic carboxylic acids is 1. The Balaban J connectivity index is 3.12. The molecule has 0 spiro atoms. The highest BCUT2D eigenvalue weighted by Gasteiger charge is 2.43. The van der Waals surface area contributed by atoms with Crippen molar-refractivity contribution in [3.8, 4) is 5.75 Å². The number of carbonyl (C=O) groups is 1. The average molecular weight is 266 g/mol. The summed E-state index contributed by atoms with van der Waals surface area (Å²) in [6.07, 6.45) is 1.43. The normalized spacial score (nSPS) is 15.6. The number of carboxylic acid groups (broad SMARTS) is 1. The topological polar surface area (TPSA) is 66.8 Å². The lowest BCUT2D eigenvalue weighted by molar-refractivity contribution is -0.162. The van der Waals surface area contributed by atoms with Crippen LogP contribution in [0, 0.1) is 0 Å². The van der Waals surface area contributed by atoms with Crippen molar-refractivity contribution >= 4 is 5.97 Å². The molecule has 1 rings (SSSR count). The van der Waals surface area contributed by atoms with Crippen molar-refractivity contribution in [3.63, 3.8) is 0 Å². The molecule has 2 atom stereocenters. The minimum atomic E-state index is -1.71. The summed E-state index contributed by atoms with van der Waals surface area (Å²) in [4.78, 5) is 11.4. The molecule has 0 heterocycles. The molecule has 0 aliphatic rings. The van der Waals surface area contributed by atoms with Gasteiger partial charge in [-0.15, -0.1) is 0 Å². The van der Waals surface area contributed by atoms with Gasteiger partial charge in [-0.25, -0.2) is 4.79 Å². The van der Waals surface area contributed by atoms with E-state index in [2.05, 4.69) is 0 Å². The smallest absolute Gasteiger partial charge is 0.336 e. The highest BCUT2D eigenvalue weighted by atomic mass is 16.5. The Morgan fingerprint density at radius 1 is 1.32 bits per heavy atom. The van der Waals surface area contributed by atoms with Gasteiger partial charge in [-0.2, -0.15) is 0 Å². The largest absolute Gasteiger partial charge is 0.497 e. The van der Waals surface area contributed by atoms with Crippen LogP contribution in [0.2, 0.25) is 0 Å². The molecule has 0 radical (unpaired) electrons. The summed E-state index contributed by atoms with van der Waals surface area (Å²) in [6, 6.07) is 7.20. The zero-order valence-corrected chi connectivity index (χ0v) is 11.7. The van der Waals surface area contributed by atoms with Crippen LogP contribution in [0.15, 0.2) is 24.3 Å². The maximum absolute atomic E-state index is 11.4. The van der Waals surface area contributed by atoms with Gasteiger partial charge in [-0.05, 0) is 30.5 Å². The molecule has 2 N–H and O–H groups in total. The third-order valence-electron chi connectivity index (χ3n) is 3.50. The van der Waals surface area contributed by atoms with Crippen LogP contribution in [0.1, 0.15) is 44.6 Å². The summed E-state index contributed by atoms with van der Waals surface area (Å²) >= 11 is 0. The zero-order chi connectivity index (χ0) is 14.5. The van der Waals surface area contributed by atoms with Crippen LogP contribution in [0.3, 0.4) is 0 Å². The van der Waals surface area contributed by atoms with Crippen LogP contribution < -0.4 is 4.74 Å². The molecule has 0 aromatic heterocycles. The van der Waals surface area contributed by atoms with Gasteiger partial charge in [0.05, 0.1) is 7.11 Å². The van der Waals surface area contributed by atoms with E-state index in [1.165, 1.54) is 0 Å². The Bertz CT molecular complexity index is 413. The Labute approximate surface area is 114 Å². The van der Waals surface area contributed by atoms with E-state index in [-0.39, 0.29) is 6.42 Å². The first-order valence-electron chi connectivity index (χ1n) is 6.59. The molecule has 0 saturated carbocycles. The number of aliphatic hydroxyl groups is 1. The summed E-state index contributed by atoms with van der Waals surface area (Å²) in [5, 5.41) is 19.8. The Hall–Kier alpha value is -1.55. The summed E-state index contributed by atoms with van der Waals surface area (Å²) in [5.41, 5.74) is -0.889. The molecule has 0 amide bonds.